The summed E-state index contributed by atoms with van der Waals surface area (Å²) in [6, 6.07) is 1.92. The van der Waals surface area contributed by atoms with Crippen molar-refractivity contribution in [2.45, 2.75) is 32.7 Å². The maximum Gasteiger partial charge on any atom is 0.277 e. The second-order valence-corrected chi connectivity index (χ2v) is 6.87. The van der Waals surface area contributed by atoms with Crippen molar-refractivity contribution >= 4 is 11.6 Å². The van der Waals surface area contributed by atoms with Gasteiger partial charge >= 0.3 is 0 Å². The molecule has 1 fully saturated rings. The Bertz CT molecular complexity index is 822. The van der Waals surface area contributed by atoms with Crippen LogP contribution >= 0.6 is 0 Å². The minimum Gasteiger partial charge on any atom is -0.353 e. The first-order valence-electron chi connectivity index (χ1n) is 9.31. The highest BCUT2D eigenvalue weighted by atomic mass is 19.2. The SMILES string of the molecule is CC1=CC=C(Nc2c(C(=O)NOCCC3OCCO3)ccc(F)c2F)C(F)C1C. The zero-order valence-corrected chi connectivity index (χ0v) is 16.1. The van der Waals surface area contributed by atoms with Crippen molar-refractivity contribution in [2.24, 2.45) is 5.92 Å². The van der Waals surface area contributed by atoms with Gasteiger partial charge in [-0.2, -0.15) is 0 Å². The third-order valence-electron chi connectivity index (χ3n) is 4.90. The Kier molecular flexibility index (Phi) is 6.94. The lowest BCUT2D eigenvalue weighted by molar-refractivity contribution is -0.0697. The average molecular weight is 412 g/mol. The van der Waals surface area contributed by atoms with Crippen molar-refractivity contribution in [2.75, 3.05) is 25.1 Å². The summed E-state index contributed by atoms with van der Waals surface area (Å²) in [5.74, 6) is -3.67. The van der Waals surface area contributed by atoms with Crippen molar-refractivity contribution < 1.29 is 32.3 Å². The first-order chi connectivity index (χ1) is 13.9. The predicted octanol–water partition coefficient (Wildman–Crippen LogP) is 3.62. The van der Waals surface area contributed by atoms with Gasteiger partial charge in [-0.15, -0.1) is 0 Å². The molecule has 1 aliphatic heterocycles. The zero-order valence-electron chi connectivity index (χ0n) is 16.1. The third kappa shape index (κ3) is 4.98. The fourth-order valence-electron chi connectivity index (χ4n) is 2.98. The standard InChI is InChI=1S/C20H23F3N2O4/c1-11-3-6-15(17(22)12(11)2)24-19-13(4-5-14(21)18(19)23)20(26)25-29-8-7-16-27-9-10-28-16/h3-6,12,16-17,24H,7-10H2,1-2H3,(H,25,26). The highest BCUT2D eigenvalue weighted by Crippen LogP contribution is 2.31. The molecule has 1 heterocycles. The number of anilines is 1. The summed E-state index contributed by atoms with van der Waals surface area (Å²) in [5, 5.41) is 2.55. The molecule has 2 atom stereocenters. The largest absolute Gasteiger partial charge is 0.353 e. The molecule has 1 aromatic carbocycles. The number of amides is 1. The topological polar surface area (TPSA) is 68.8 Å². The van der Waals surface area contributed by atoms with Gasteiger partial charge in [0.1, 0.15) is 6.17 Å². The molecule has 0 radical (unpaired) electrons. The van der Waals surface area contributed by atoms with Crippen LogP contribution in [0.3, 0.4) is 0 Å². The molecule has 3 rings (SSSR count). The number of rotatable bonds is 7. The van der Waals surface area contributed by atoms with Gasteiger partial charge in [0.05, 0.1) is 36.8 Å². The summed E-state index contributed by atoms with van der Waals surface area (Å²) in [4.78, 5) is 17.5. The van der Waals surface area contributed by atoms with Crippen molar-refractivity contribution in [1.82, 2.24) is 5.48 Å². The smallest absolute Gasteiger partial charge is 0.277 e. The lowest BCUT2D eigenvalue weighted by Crippen LogP contribution is -2.28. The second-order valence-electron chi connectivity index (χ2n) is 6.87. The molecule has 0 spiro atoms. The Morgan fingerprint density at radius 3 is 2.69 bits per heavy atom. The molecule has 1 aromatic rings. The summed E-state index contributed by atoms with van der Waals surface area (Å²) in [7, 11) is 0. The minimum atomic E-state index is -1.44. The van der Waals surface area contributed by atoms with Crippen LogP contribution in [0, 0.1) is 17.6 Å². The summed E-state index contributed by atoms with van der Waals surface area (Å²) in [6.45, 7) is 4.57. The highest BCUT2D eigenvalue weighted by Gasteiger charge is 2.28. The van der Waals surface area contributed by atoms with E-state index in [1.807, 2.05) is 0 Å². The monoisotopic (exact) mass is 412 g/mol. The van der Waals surface area contributed by atoms with Crippen LogP contribution in [0.2, 0.25) is 0 Å². The quantitative estimate of drug-likeness (QED) is 0.529. The number of hydrogen-bond donors (Lipinski definition) is 2. The molecule has 0 aromatic heterocycles. The molecule has 1 amide bonds. The number of halogens is 3. The molecule has 2 aliphatic rings. The molecular formula is C20H23F3N2O4. The third-order valence-corrected chi connectivity index (χ3v) is 4.90. The molecular weight excluding hydrogens is 389 g/mol. The molecule has 9 heteroatoms. The van der Waals surface area contributed by atoms with E-state index in [1.54, 1.807) is 19.9 Å². The number of benzene rings is 1. The Labute approximate surface area is 166 Å². The van der Waals surface area contributed by atoms with E-state index in [0.29, 0.717) is 19.6 Å². The Morgan fingerprint density at radius 2 is 1.97 bits per heavy atom. The summed E-state index contributed by atoms with van der Waals surface area (Å²) in [5.41, 5.74) is 2.36. The Hall–Kier alpha value is -2.36. The number of nitrogens with one attached hydrogen (secondary N) is 2. The van der Waals surface area contributed by atoms with Crippen LogP contribution in [0.1, 0.15) is 30.6 Å². The number of carbonyl (C=O) groups excluding carboxylic acids is 1. The molecule has 0 bridgehead atoms. The molecule has 2 unspecified atom stereocenters. The predicted molar refractivity (Wildman–Crippen MR) is 99.6 cm³/mol. The average Bonchev–Trinajstić information content (AvgIpc) is 3.22. The fraction of sp³-hybridized carbons (Fsp3) is 0.450. The first kappa shape index (κ1) is 21.4. The van der Waals surface area contributed by atoms with Crippen molar-refractivity contribution in [1.29, 1.82) is 0 Å². The van der Waals surface area contributed by atoms with Crippen LogP contribution in [0.5, 0.6) is 0 Å². The number of hydroxylamine groups is 1. The molecule has 158 valence electrons. The summed E-state index contributed by atoms with van der Waals surface area (Å²) >= 11 is 0. The molecule has 1 aliphatic carbocycles. The fourth-order valence-corrected chi connectivity index (χ4v) is 2.98. The normalized spacial score (nSPS) is 22.2. The van der Waals surface area contributed by atoms with Crippen molar-refractivity contribution in [3.63, 3.8) is 0 Å². The molecule has 2 N–H and O–H groups in total. The lowest BCUT2D eigenvalue weighted by atomic mass is 9.90. The molecule has 1 saturated heterocycles. The van der Waals surface area contributed by atoms with Gasteiger partial charge in [0.2, 0.25) is 0 Å². The van der Waals surface area contributed by atoms with Crippen LogP contribution in [0.4, 0.5) is 18.9 Å². The number of allylic oxidation sites excluding steroid dienone is 4. The van der Waals surface area contributed by atoms with Gasteiger partial charge in [0.25, 0.3) is 5.91 Å². The number of ether oxygens (including phenoxy) is 2. The molecule has 0 saturated carbocycles. The van der Waals surface area contributed by atoms with Gasteiger partial charge in [-0.1, -0.05) is 18.6 Å². The number of carbonyl (C=O) groups is 1. The van der Waals surface area contributed by atoms with E-state index in [-0.39, 0.29) is 17.9 Å². The van der Waals surface area contributed by atoms with Crippen LogP contribution in [0.15, 0.2) is 35.6 Å². The van der Waals surface area contributed by atoms with Crippen LogP contribution in [0.25, 0.3) is 0 Å². The van der Waals surface area contributed by atoms with Gasteiger partial charge in [-0.05, 0) is 25.1 Å². The second kappa shape index (κ2) is 9.43. The molecule has 6 nitrogen and oxygen atoms in total. The lowest BCUT2D eigenvalue weighted by Gasteiger charge is -2.25. The Morgan fingerprint density at radius 1 is 1.24 bits per heavy atom. The van der Waals surface area contributed by atoms with E-state index in [1.165, 1.54) is 6.08 Å². The highest BCUT2D eigenvalue weighted by molar-refractivity contribution is 5.99. The van der Waals surface area contributed by atoms with Gasteiger partial charge in [-0.25, -0.2) is 18.7 Å². The number of alkyl halides is 1. The summed E-state index contributed by atoms with van der Waals surface area (Å²) in [6.07, 6.45) is 1.69. The first-order valence-corrected chi connectivity index (χ1v) is 9.31. The van der Waals surface area contributed by atoms with E-state index in [4.69, 9.17) is 14.3 Å². The van der Waals surface area contributed by atoms with E-state index in [2.05, 4.69) is 10.8 Å². The van der Waals surface area contributed by atoms with E-state index >= 15 is 0 Å². The van der Waals surface area contributed by atoms with Gasteiger partial charge in [0.15, 0.2) is 17.9 Å². The van der Waals surface area contributed by atoms with Gasteiger partial charge in [0, 0.05) is 12.3 Å². The van der Waals surface area contributed by atoms with Gasteiger partial charge in [-0.3, -0.25) is 9.63 Å². The van der Waals surface area contributed by atoms with Crippen molar-refractivity contribution in [3.8, 4) is 0 Å². The van der Waals surface area contributed by atoms with E-state index in [9.17, 15) is 18.0 Å². The minimum absolute atomic E-state index is 0.0399. The van der Waals surface area contributed by atoms with Crippen molar-refractivity contribution in [3.05, 3.63) is 52.8 Å². The molecule has 29 heavy (non-hydrogen) atoms. The maximum absolute atomic E-state index is 14.6. The van der Waals surface area contributed by atoms with E-state index < -0.39 is 41.6 Å². The zero-order chi connectivity index (χ0) is 21.0. The van der Waals surface area contributed by atoms with E-state index in [0.717, 1.165) is 17.7 Å². The van der Waals surface area contributed by atoms with Crippen LogP contribution in [-0.4, -0.2) is 38.2 Å². The summed E-state index contributed by atoms with van der Waals surface area (Å²) < 4.78 is 53.3. The number of hydrogen-bond acceptors (Lipinski definition) is 5. The van der Waals surface area contributed by atoms with Crippen LogP contribution in [-0.2, 0) is 14.3 Å². The van der Waals surface area contributed by atoms with Crippen LogP contribution < -0.4 is 10.8 Å². The van der Waals surface area contributed by atoms with Gasteiger partial charge < -0.3 is 14.8 Å². The Balaban J connectivity index is 1.70. The maximum atomic E-state index is 14.6.